The van der Waals surface area contributed by atoms with Crippen molar-refractivity contribution >= 4 is 27.3 Å². The van der Waals surface area contributed by atoms with Gasteiger partial charge in [-0.2, -0.15) is 0 Å². The minimum absolute atomic E-state index is 0.135. The predicted molar refractivity (Wildman–Crippen MR) is 107 cm³/mol. The molecule has 0 aromatic heterocycles. The van der Waals surface area contributed by atoms with Crippen LogP contribution in [0.15, 0.2) is 83.8 Å². The maximum atomic E-state index is 12.7. The molecule has 0 spiro atoms. The fourth-order valence-electron chi connectivity index (χ4n) is 2.60. The van der Waals surface area contributed by atoms with Crippen molar-refractivity contribution in [2.75, 3.05) is 10.0 Å². The van der Waals surface area contributed by atoms with Crippen LogP contribution in [0.2, 0.25) is 0 Å². The summed E-state index contributed by atoms with van der Waals surface area (Å²) in [6.45, 7) is 2.06. The summed E-state index contributed by atoms with van der Waals surface area (Å²) in [6, 6.07) is 22.1. The van der Waals surface area contributed by atoms with Crippen LogP contribution in [0.3, 0.4) is 0 Å². The largest absolute Gasteiger partial charge is 0.322 e. The molecule has 0 heterocycles. The van der Waals surface area contributed by atoms with E-state index in [-0.39, 0.29) is 22.1 Å². The van der Waals surface area contributed by atoms with Crippen molar-refractivity contribution in [2.45, 2.75) is 18.2 Å². The fraction of sp³-hybridized carbons (Fsp3) is 0.0952. The van der Waals surface area contributed by atoms with Gasteiger partial charge in [-0.05, 0) is 48.4 Å². The van der Waals surface area contributed by atoms with Crippen LogP contribution in [0.25, 0.3) is 0 Å². The zero-order chi connectivity index (χ0) is 19.3. The van der Waals surface area contributed by atoms with Crippen LogP contribution < -0.4 is 10.0 Å². The first-order valence-corrected chi connectivity index (χ1v) is 10.0. The maximum Gasteiger partial charge on any atom is 0.261 e. The molecule has 1 amide bonds. The molecule has 0 aliphatic heterocycles. The van der Waals surface area contributed by atoms with E-state index < -0.39 is 10.0 Å². The quantitative estimate of drug-likeness (QED) is 0.669. The number of amides is 1. The molecule has 3 rings (SSSR count). The lowest BCUT2D eigenvalue weighted by molar-refractivity contribution is 0.102. The Morgan fingerprint density at radius 1 is 0.852 bits per heavy atom. The molecule has 138 valence electrons. The van der Waals surface area contributed by atoms with E-state index in [0.717, 1.165) is 6.42 Å². The van der Waals surface area contributed by atoms with Gasteiger partial charge in [0.2, 0.25) is 0 Å². The van der Waals surface area contributed by atoms with E-state index in [9.17, 15) is 13.2 Å². The molecule has 0 saturated heterocycles. The van der Waals surface area contributed by atoms with Crippen molar-refractivity contribution in [1.82, 2.24) is 0 Å². The molecule has 2 N–H and O–H groups in total. The minimum Gasteiger partial charge on any atom is -0.322 e. The van der Waals surface area contributed by atoms with Gasteiger partial charge in [0.05, 0.1) is 16.1 Å². The second kappa shape index (κ2) is 8.05. The molecule has 0 atom stereocenters. The normalized spacial score (nSPS) is 11.0. The summed E-state index contributed by atoms with van der Waals surface area (Å²) in [5, 5.41) is 2.80. The van der Waals surface area contributed by atoms with E-state index in [1.54, 1.807) is 42.5 Å². The van der Waals surface area contributed by atoms with E-state index in [4.69, 9.17) is 0 Å². The van der Waals surface area contributed by atoms with Gasteiger partial charge >= 0.3 is 0 Å². The van der Waals surface area contributed by atoms with Crippen LogP contribution in [-0.2, 0) is 16.4 Å². The highest BCUT2D eigenvalue weighted by atomic mass is 32.2. The number of sulfonamides is 1. The molecule has 0 saturated carbocycles. The molecule has 3 aromatic rings. The Morgan fingerprint density at radius 2 is 1.48 bits per heavy atom. The molecule has 0 fully saturated rings. The highest BCUT2D eigenvalue weighted by molar-refractivity contribution is 7.92. The SMILES string of the molecule is CCc1ccc(NC(=O)c2ccccc2NS(=O)(=O)c2ccccc2)cc1. The van der Waals surface area contributed by atoms with Crippen molar-refractivity contribution in [1.29, 1.82) is 0 Å². The topological polar surface area (TPSA) is 75.3 Å². The van der Waals surface area contributed by atoms with Gasteiger partial charge < -0.3 is 5.32 Å². The molecule has 0 radical (unpaired) electrons. The zero-order valence-electron chi connectivity index (χ0n) is 14.8. The summed E-state index contributed by atoms with van der Waals surface area (Å²) >= 11 is 0. The van der Waals surface area contributed by atoms with Gasteiger partial charge in [0.15, 0.2) is 0 Å². The summed E-state index contributed by atoms with van der Waals surface area (Å²) in [6.07, 6.45) is 0.915. The number of benzene rings is 3. The van der Waals surface area contributed by atoms with Crippen LogP contribution in [0.5, 0.6) is 0 Å². The van der Waals surface area contributed by atoms with Crippen LogP contribution in [0.1, 0.15) is 22.8 Å². The van der Waals surface area contributed by atoms with Crippen molar-refractivity contribution in [3.63, 3.8) is 0 Å². The van der Waals surface area contributed by atoms with Crippen molar-refractivity contribution in [3.8, 4) is 0 Å². The standard InChI is InChI=1S/C21H20N2O3S/c1-2-16-12-14-17(15-13-16)22-21(24)19-10-6-7-11-20(19)23-27(25,26)18-8-4-3-5-9-18/h3-15,23H,2H2,1H3,(H,22,24). The van der Waals surface area contributed by atoms with Gasteiger partial charge in [-0.25, -0.2) is 8.42 Å². The van der Waals surface area contributed by atoms with Crippen molar-refractivity contribution in [3.05, 3.63) is 90.0 Å². The number of aryl methyl sites for hydroxylation is 1. The highest BCUT2D eigenvalue weighted by Gasteiger charge is 2.18. The zero-order valence-corrected chi connectivity index (χ0v) is 15.7. The van der Waals surface area contributed by atoms with Crippen molar-refractivity contribution < 1.29 is 13.2 Å². The summed E-state index contributed by atoms with van der Waals surface area (Å²) < 4.78 is 27.6. The number of carbonyl (C=O) groups is 1. The maximum absolute atomic E-state index is 12.7. The smallest absolute Gasteiger partial charge is 0.261 e. The van der Waals surface area contributed by atoms with Gasteiger partial charge in [-0.15, -0.1) is 0 Å². The average molecular weight is 380 g/mol. The van der Waals surface area contributed by atoms with Crippen molar-refractivity contribution in [2.24, 2.45) is 0 Å². The molecule has 27 heavy (non-hydrogen) atoms. The number of anilines is 2. The van der Waals surface area contributed by atoms with Gasteiger partial charge in [0.25, 0.3) is 15.9 Å². The molecular formula is C21H20N2O3S. The molecule has 0 unspecified atom stereocenters. The number of carbonyl (C=O) groups excluding carboxylic acids is 1. The first-order valence-electron chi connectivity index (χ1n) is 8.57. The number of para-hydroxylation sites is 1. The van der Waals surface area contributed by atoms with Gasteiger partial charge in [-0.1, -0.05) is 49.4 Å². The Labute approximate surface area is 159 Å². The van der Waals surface area contributed by atoms with Gasteiger partial charge in [0, 0.05) is 5.69 Å². The molecule has 0 aliphatic carbocycles. The summed E-state index contributed by atoms with van der Waals surface area (Å²) in [7, 11) is -3.78. The molecule has 3 aromatic carbocycles. The fourth-order valence-corrected chi connectivity index (χ4v) is 3.70. The third kappa shape index (κ3) is 4.54. The molecule has 0 bridgehead atoms. The lowest BCUT2D eigenvalue weighted by Crippen LogP contribution is -2.18. The summed E-state index contributed by atoms with van der Waals surface area (Å²) in [4.78, 5) is 12.8. The van der Waals surface area contributed by atoms with E-state index in [0.29, 0.717) is 5.69 Å². The Bertz CT molecular complexity index is 1030. The molecule has 5 nitrogen and oxygen atoms in total. The van der Waals surface area contributed by atoms with E-state index in [1.807, 2.05) is 24.3 Å². The Morgan fingerprint density at radius 3 is 2.15 bits per heavy atom. The lowest BCUT2D eigenvalue weighted by Gasteiger charge is -2.13. The molecule has 0 aliphatic rings. The monoisotopic (exact) mass is 380 g/mol. The lowest BCUT2D eigenvalue weighted by atomic mass is 10.1. The second-order valence-corrected chi connectivity index (χ2v) is 7.65. The number of hydrogen-bond donors (Lipinski definition) is 2. The third-order valence-corrected chi connectivity index (χ3v) is 5.47. The molecular weight excluding hydrogens is 360 g/mol. The number of rotatable bonds is 6. The average Bonchev–Trinajstić information content (AvgIpc) is 2.69. The number of nitrogens with one attached hydrogen (secondary N) is 2. The van der Waals surface area contributed by atoms with E-state index >= 15 is 0 Å². The first-order chi connectivity index (χ1) is 13.0. The third-order valence-electron chi connectivity index (χ3n) is 4.09. The first kappa shape index (κ1) is 18.7. The van der Waals surface area contributed by atoms with Crippen LogP contribution >= 0.6 is 0 Å². The van der Waals surface area contributed by atoms with E-state index in [2.05, 4.69) is 17.0 Å². The number of hydrogen-bond acceptors (Lipinski definition) is 3. The highest BCUT2D eigenvalue weighted by Crippen LogP contribution is 2.21. The van der Waals surface area contributed by atoms with Crippen LogP contribution in [0, 0.1) is 0 Å². The van der Waals surface area contributed by atoms with Crippen LogP contribution in [-0.4, -0.2) is 14.3 Å². The summed E-state index contributed by atoms with van der Waals surface area (Å²) in [5.41, 5.74) is 2.29. The second-order valence-electron chi connectivity index (χ2n) is 5.97. The summed E-state index contributed by atoms with van der Waals surface area (Å²) in [5.74, 6) is -0.384. The predicted octanol–water partition coefficient (Wildman–Crippen LogP) is 4.30. The molecule has 6 heteroatoms. The van der Waals surface area contributed by atoms with Gasteiger partial charge in [0.1, 0.15) is 0 Å². The minimum atomic E-state index is -3.78. The van der Waals surface area contributed by atoms with Gasteiger partial charge in [-0.3, -0.25) is 9.52 Å². The van der Waals surface area contributed by atoms with E-state index in [1.165, 1.54) is 17.7 Å². The Balaban J connectivity index is 1.84. The Hall–Kier alpha value is -3.12. The van der Waals surface area contributed by atoms with Crippen LogP contribution in [0.4, 0.5) is 11.4 Å². The Kier molecular flexibility index (Phi) is 5.57.